The summed E-state index contributed by atoms with van der Waals surface area (Å²) in [6.07, 6.45) is 0.563. The molecule has 2 unspecified atom stereocenters. The van der Waals surface area contributed by atoms with Crippen LogP contribution in [0.25, 0.3) is 0 Å². The third kappa shape index (κ3) is 4.08. The average molecular weight is 363 g/mol. The van der Waals surface area contributed by atoms with E-state index in [0.29, 0.717) is 28.7 Å². The highest BCUT2D eigenvalue weighted by Gasteiger charge is 2.47. The molecule has 2 N–H and O–H groups in total. The molecule has 2 aromatic rings. The molecular formula is C18H16Cl2N2O2. The van der Waals surface area contributed by atoms with Gasteiger partial charge in [-0.2, -0.15) is 0 Å². The van der Waals surface area contributed by atoms with Crippen LogP contribution < -0.4 is 10.6 Å². The summed E-state index contributed by atoms with van der Waals surface area (Å²) in [5, 5.41) is 6.44. The van der Waals surface area contributed by atoms with Gasteiger partial charge in [0.2, 0.25) is 11.8 Å². The molecule has 0 spiro atoms. The second-order valence-electron chi connectivity index (χ2n) is 5.77. The zero-order valence-corrected chi connectivity index (χ0v) is 14.3. The number of nitrogens with one attached hydrogen (secondary N) is 2. The van der Waals surface area contributed by atoms with Gasteiger partial charge in [-0.1, -0.05) is 53.5 Å². The Morgan fingerprint density at radius 3 is 2.38 bits per heavy atom. The molecule has 3 rings (SSSR count). The highest BCUT2D eigenvalue weighted by molar-refractivity contribution is 6.42. The number of hydrogen-bond acceptors (Lipinski definition) is 2. The summed E-state index contributed by atoms with van der Waals surface area (Å²) < 4.78 is 0. The van der Waals surface area contributed by atoms with E-state index in [1.807, 2.05) is 30.3 Å². The molecule has 0 aromatic heterocycles. The van der Waals surface area contributed by atoms with Gasteiger partial charge in [0.1, 0.15) is 0 Å². The van der Waals surface area contributed by atoms with Crippen molar-refractivity contribution in [2.24, 2.45) is 11.8 Å². The maximum Gasteiger partial charge on any atom is 0.228 e. The Bertz CT molecular complexity index is 765. The number of rotatable bonds is 5. The number of benzene rings is 2. The first kappa shape index (κ1) is 16.8. The highest BCUT2D eigenvalue weighted by atomic mass is 35.5. The fraction of sp³-hybridized carbons (Fsp3) is 0.222. The van der Waals surface area contributed by atoms with E-state index in [4.69, 9.17) is 23.2 Å². The van der Waals surface area contributed by atoms with E-state index in [9.17, 15) is 9.59 Å². The molecule has 1 aliphatic rings. The Morgan fingerprint density at radius 1 is 0.958 bits per heavy atom. The minimum atomic E-state index is -0.296. The SMILES string of the molecule is O=C(NCc1ccccc1)C1CC1C(=O)Nc1ccc(Cl)c(Cl)c1. The van der Waals surface area contributed by atoms with Crippen LogP contribution in [-0.2, 0) is 16.1 Å². The predicted molar refractivity (Wildman–Crippen MR) is 95.0 cm³/mol. The van der Waals surface area contributed by atoms with Crippen molar-refractivity contribution in [3.63, 3.8) is 0 Å². The van der Waals surface area contributed by atoms with Gasteiger partial charge in [-0.3, -0.25) is 9.59 Å². The van der Waals surface area contributed by atoms with Crippen molar-refractivity contribution in [1.29, 1.82) is 0 Å². The van der Waals surface area contributed by atoms with Gasteiger partial charge in [0.15, 0.2) is 0 Å². The minimum absolute atomic E-state index is 0.0897. The van der Waals surface area contributed by atoms with Crippen LogP contribution in [0, 0.1) is 11.8 Å². The van der Waals surface area contributed by atoms with Gasteiger partial charge in [-0.25, -0.2) is 0 Å². The largest absolute Gasteiger partial charge is 0.352 e. The fourth-order valence-corrected chi connectivity index (χ4v) is 2.80. The van der Waals surface area contributed by atoms with Gasteiger partial charge in [-0.05, 0) is 30.2 Å². The van der Waals surface area contributed by atoms with Crippen molar-refractivity contribution in [2.45, 2.75) is 13.0 Å². The van der Waals surface area contributed by atoms with Gasteiger partial charge in [0, 0.05) is 12.2 Å². The molecule has 1 aliphatic carbocycles. The molecule has 4 nitrogen and oxygen atoms in total. The lowest BCUT2D eigenvalue weighted by atomic mass is 10.2. The van der Waals surface area contributed by atoms with Gasteiger partial charge in [0.25, 0.3) is 0 Å². The monoisotopic (exact) mass is 362 g/mol. The Labute approximate surface area is 150 Å². The Hall–Kier alpha value is -2.04. The summed E-state index contributed by atoms with van der Waals surface area (Å²) in [7, 11) is 0. The molecule has 2 amide bonds. The van der Waals surface area contributed by atoms with Gasteiger partial charge < -0.3 is 10.6 Å². The molecule has 0 saturated heterocycles. The van der Waals surface area contributed by atoms with Gasteiger partial charge in [0.05, 0.1) is 21.9 Å². The van der Waals surface area contributed by atoms with Crippen LogP contribution in [-0.4, -0.2) is 11.8 Å². The van der Waals surface area contributed by atoms with E-state index in [-0.39, 0.29) is 23.7 Å². The third-order valence-corrected chi connectivity index (χ3v) is 4.70. The van der Waals surface area contributed by atoms with Crippen LogP contribution in [0.5, 0.6) is 0 Å². The summed E-state index contributed by atoms with van der Waals surface area (Å²) in [5.74, 6) is -0.826. The molecule has 1 saturated carbocycles. The molecule has 2 aromatic carbocycles. The summed E-state index contributed by atoms with van der Waals surface area (Å²) >= 11 is 11.8. The molecule has 24 heavy (non-hydrogen) atoms. The van der Waals surface area contributed by atoms with Crippen molar-refractivity contribution >= 4 is 40.7 Å². The Balaban J connectivity index is 1.49. The lowest BCUT2D eigenvalue weighted by Gasteiger charge is -2.07. The van der Waals surface area contributed by atoms with Crippen LogP contribution >= 0.6 is 23.2 Å². The van der Waals surface area contributed by atoms with Crippen molar-refractivity contribution in [2.75, 3.05) is 5.32 Å². The third-order valence-electron chi connectivity index (χ3n) is 3.96. The second-order valence-corrected chi connectivity index (χ2v) is 6.58. The number of carbonyl (C=O) groups excluding carboxylic acids is 2. The number of amides is 2. The number of carbonyl (C=O) groups is 2. The first-order valence-electron chi connectivity index (χ1n) is 7.62. The number of halogens is 2. The van der Waals surface area contributed by atoms with Gasteiger partial charge in [-0.15, -0.1) is 0 Å². The van der Waals surface area contributed by atoms with Crippen molar-refractivity contribution < 1.29 is 9.59 Å². The van der Waals surface area contributed by atoms with E-state index in [1.165, 1.54) is 0 Å². The van der Waals surface area contributed by atoms with E-state index in [2.05, 4.69) is 10.6 Å². The van der Waals surface area contributed by atoms with Crippen LogP contribution in [0.2, 0.25) is 10.0 Å². The van der Waals surface area contributed by atoms with Crippen LogP contribution in [0.3, 0.4) is 0 Å². The summed E-state index contributed by atoms with van der Waals surface area (Å²) in [4.78, 5) is 24.3. The predicted octanol–water partition coefficient (Wildman–Crippen LogP) is 3.88. The Kier molecular flexibility index (Phi) is 5.07. The molecular weight excluding hydrogens is 347 g/mol. The maximum atomic E-state index is 12.2. The first-order valence-corrected chi connectivity index (χ1v) is 8.38. The van der Waals surface area contributed by atoms with Crippen LogP contribution in [0.1, 0.15) is 12.0 Å². The molecule has 1 fully saturated rings. The first-order chi connectivity index (χ1) is 11.5. The highest BCUT2D eigenvalue weighted by Crippen LogP contribution is 2.39. The standard InChI is InChI=1S/C18H16Cl2N2O2/c19-15-7-6-12(8-16(15)20)22-18(24)14-9-13(14)17(23)21-10-11-4-2-1-3-5-11/h1-8,13-14H,9-10H2,(H,21,23)(H,22,24). The number of anilines is 1. The summed E-state index contributed by atoms with van der Waals surface area (Å²) in [6.45, 7) is 0.470. The van der Waals surface area contributed by atoms with Crippen molar-refractivity contribution in [1.82, 2.24) is 5.32 Å². The molecule has 0 bridgehead atoms. The minimum Gasteiger partial charge on any atom is -0.352 e. The zero-order valence-electron chi connectivity index (χ0n) is 12.8. The fourth-order valence-electron chi connectivity index (χ4n) is 2.50. The average Bonchev–Trinajstić information content (AvgIpc) is 3.38. The lowest BCUT2D eigenvalue weighted by molar-refractivity contribution is -0.125. The lowest BCUT2D eigenvalue weighted by Crippen LogP contribution is -2.27. The molecule has 0 radical (unpaired) electrons. The normalized spacial score (nSPS) is 18.8. The molecule has 0 aliphatic heterocycles. The van der Waals surface area contributed by atoms with Crippen molar-refractivity contribution in [3.05, 3.63) is 64.1 Å². The van der Waals surface area contributed by atoms with Crippen LogP contribution in [0.4, 0.5) is 5.69 Å². The summed E-state index contributed by atoms with van der Waals surface area (Å²) in [5.41, 5.74) is 1.60. The Morgan fingerprint density at radius 2 is 1.67 bits per heavy atom. The molecule has 124 valence electrons. The van der Waals surface area contributed by atoms with E-state index in [0.717, 1.165) is 5.56 Å². The topological polar surface area (TPSA) is 58.2 Å². The smallest absolute Gasteiger partial charge is 0.228 e. The van der Waals surface area contributed by atoms with E-state index < -0.39 is 0 Å². The second kappa shape index (κ2) is 7.24. The molecule has 2 atom stereocenters. The van der Waals surface area contributed by atoms with Crippen LogP contribution in [0.15, 0.2) is 48.5 Å². The van der Waals surface area contributed by atoms with Crippen molar-refractivity contribution in [3.8, 4) is 0 Å². The van der Waals surface area contributed by atoms with E-state index in [1.54, 1.807) is 18.2 Å². The molecule has 6 heteroatoms. The maximum absolute atomic E-state index is 12.2. The van der Waals surface area contributed by atoms with Gasteiger partial charge >= 0.3 is 0 Å². The quantitative estimate of drug-likeness (QED) is 0.847. The molecule has 0 heterocycles. The number of hydrogen-bond donors (Lipinski definition) is 2. The zero-order chi connectivity index (χ0) is 17.1. The summed E-state index contributed by atoms with van der Waals surface area (Å²) in [6, 6.07) is 14.6. The van der Waals surface area contributed by atoms with E-state index >= 15 is 0 Å².